The summed E-state index contributed by atoms with van der Waals surface area (Å²) in [5, 5.41) is 12.6. The molecule has 0 unspecified atom stereocenters. The van der Waals surface area contributed by atoms with Crippen molar-refractivity contribution in [3.05, 3.63) is 110 Å². The lowest BCUT2D eigenvalue weighted by atomic mass is 10.1. The van der Waals surface area contributed by atoms with Gasteiger partial charge in [0.15, 0.2) is 0 Å². The van der Waals surface area contributed by atoms with E-state index in [2.05, 4.69) is 85.8 Å². The summed E-state index contributed by atoms with van der Waals surface area (Å²) in [6.07, 6.45) is 0.878. The van der Waals surface area contributed by atoms with Gasteiger partial charge in [0.1, 0.15) is 9.75 Å². The first-order valence-electron chi connectivity index (χ1n) is 14.0. The fraction of sp³-hybridized carbons (Fsp3) is 0.212. The number of halogens is 1. The third-order valence-corrected chi connectivity index (χ3v) is 11.8. The maximum atomic E-state index is 13.1. The lowest BCUT2D eigenvalue weighted by molar-refractivity contribution is 0.0700. The molecular weight excluding hydrogens is 662 g/mol. The van der Waals surface area contributed by atoms with Crippen LogP contribution in [0, 0.1) is 6.92 Å². The molecule has 0 radical (unpaired) electrons. The predicted molar refractivity (Wildman–Crippen MR) is 183 cm³/mol. The normalized spacial score (nSPS) is 13.4. The van der Waals surface area contributed by atoms with Crippen molar-refractivity contribution in [3.8, 4) is 0 Å². The molecule has 10 heteroatoms. The quantitative estimate of drug-likeness (QED) is 0.157. The van der Waals surface area contributed by atoms with E-state index in [-0.39, 0.29) is 5.91 Å². The number of carboxylic acids is 1. The molecule has 0 bridgehead atoms. The molecule has 0 atom stereocenters. The number of para-hydroxylation sites is 2. The fourth-order valence-electron chi connectivity index (χ4n) is 5.36. The highest BCUT2D eigenvalue weighted by Crippen LogP contribution is 2.39. The van der Waals surface area contributed by atoms with Gasteiger partial charge in [-0.3, -0.25) is 4.79 Å². The van der Waals surface area contributed by atoms with Crippen LogP contribution in [0.4, 0.5) is 11.4 Å². The number of amides is 1. The van der Waals surface area contributed by atoms with Crippen LogP contribution in [0.3, 0.4) is 0 Å². The summed E-state index contributed by atoms with van der Waals surface area (Å²) in [6.45, 7) is 5.50. The molecule has 0 aliphatic carbocycles. The van der Waals surface area contributed by atoms with Crippen molar-refractivity contribution in [1.82, 2.24) is 4.90 Å². The highest BCUT2D eigenvalue weighted by molar-refractivity contribution is 9.10. The van der Waals surface area contributed by atoms with Crippen LogP contribution in [0.15, 0.2) is 93.6 Å². The Labute approximate surface area is 271 Å². The van der Waals surface area contributed by atoms with E-state index < -0.39 is 5.97 Å². The number of hydrogen-bond donors (Lipinski definition) is 1. The standard InChI is InChI=1S/C33H30BrN3O3S3/c1-22-25-21-24(11-12-29(25)42-30(22)33(39)40)43-37(15-13-23-7-3-2-4-8-23)28-10-6-5-9-27(28)35-16-18-36(19-17-35)32(38)31-26(34)14-20-41-31/h2-12,14,20-21H,13,15-19H2,1H3,(H,39,40). The smallest absolute Gasteiger partial charge is 0.346 e. The molecule has 2 aromatic heterocycles. The van der Waals surface area contributed by atoms with Crippen molar-refractivity contribution in [3.63, 3.8) is 0 Å². The minimum Gasteiger partial charge on any atom is -0.477 e. The van der Waals surface area contributed by atoms with E-state index >= 15 is 0 Å². The van der Waals surface area contributed by atoms with Gasteiger partial charge in [-0.25, -0.2) is 4.79 Å². The van der Waals surface area contributed by atoms with E-state index in [1.54, 1.807) is 11.9 Å². The summed E-state index contributed by atoms with van der Waals surface area (Å²) < 4.78 is 4.19. The van der Waals surface area contributed by atoms with Crippen LogP contribution in [0.25, 0.3) is 10.1 Å². The van der Waals surface area contributed by atoms with Gasteiger partial charge in [0, 0.05) is 46.8 Å². The first kappa shape index (κ1) is 29.7. The minimum absolute atomic E-state index is 0.0834. The summed E-state index contributed by atoms with van der Waals surface area (Å²) >= 11 is 7.99. The van der Waals surface area contributed by atoms with E-state index in [9.17, 15) is 14.7 Å². The minimum atomic E-state index is -0.879. The number of hydrogen-bond acceptors (Lipinski definition) is 7. The van der Waals surface area contributed by atoms with Gasteiger partial charge < -0.3 is 19.2 Å². The molecule has 1 saturated heterocycles. The van der Waals surface area contributed by atoms with Gasteiger partial charge in [0.25, 0.3) is 5.91 Å². The van der Waals surface area contributed by atoms with Crippen LogP contribution in [0.1, 0.15) is 30.5 Å². The number of aromatic carboxylic acids is 1. The first-order valence-corrected chi connectivity index (χ1v) is 17.3. The summed E-state index contributed by atoms with van der Waals surface area (Å²) in [6, 6.07) is 27.2. The van der Waals surface area contributed by atoms with E-state index in [0.29, 0.717) is 18.0 Å². The summed E-state index contributed by atoms with van der Waals surface area (Å²) in [7, 11) is 0. The summed E-state index contributed by atoms with van der Waals surface area (Å²) in [4.78, 5) is 31.4. The highest BCUT2D eigenvalue weighted by atomic mass is 79.9. The van der Waals surface area contributed by atoms with E-state index in [4.69, 9.17) is 0 Å². The summed E-state index contributed by atoms with van der Waals surface area (Å²) in [5.41, 5.74) is 4.35. The largest absolute Gasteiger partial charge is 0.477 e. The predicted octanol–water partition coefficient (Wildman–Crippen LogP) is 8.45. The molecule has 0 spiro atoms. The molecule has 3 heterocycles. The molecule has 220 valence electrons. The van der Waals surface area contributed by atoms with Gasteiger partial charge in [-0.15, -0.1) is 22.7 Å². The van der Waals surface area contributed by atoms with E-state index in [1.807, 2.05) is 35.4 Å². The molecule has 43 heavy (non-hydrogen) atoms. The maximum Gasteiger partial charge on any atom is 0.346 e. The van der Waals surface area contributed by atoms with Crippen molar-refractivity contribution in [2.75, 3.05) is 41.9 Å². The molecule has 5 aromatic rings. The molecule has 1 aliphatic heterocycles. The number of thiophene rings is 2. The van der Waals surface area contributed by atoms with Crippen LogP contribution < -0.4 is 9.21 Å². The Kier molecular flexibility index (Phi) is 9.09. The topological polar surface area (TPSA) is 64.1 Å². The average Bonchev–Trinajstić information content (AvgIpc) is 3.62. The number of fused-ring (bicyclic) bond motifs is 1. The third-order valence-electron chi connectivity index (χ3n) is 7.63. The second-order valence-electron chi connectivity index (χ2n) is 10.3. The van der Waals surface area contributed by atoms with Crippen LogP contribution in [-0.4, -0.2) is 54.6 Å². The Hall–Kier alpha value is -3.31. The van der Waals surface area contributed by atoms with Gasteiger partial charge in [-0.05, 0) is 99.5 Å². The van der Waals surface area contributed by atoms with Gasteiger partial charge in [-0.2, -0.15) is 0 Å². The molecule has 0 saturated carbocycles. The Morgan fingerprint density at radius 1 is 0.953 bits per heavy atom. The number of carbonyl (C=O) groups is 2. The van der Waals surface area contributed by atoms with Crippen LogP contribution in [-0.2, 0) is 6.42 Å². The van der Waals surface area contributed by atoms with Crippen LogP contribution in [0.5, 0.6) is 0 Å². The van der Waals surface area contributed by atoms with Gasteiger partial charge in [0.2, 0.25) is 0 Å². The van der Waals surface area contributed by atoms with Crippen molar-refractivity contribution in [2.24, 2.45) is 0 Å². The second-order valence-corrected chi connectivity index (χ2v) is 14.2. The zero-order chi connectivity index (χ0) is 29.9. The highest BCUT2D eigenvalue weighted by Gasteiger charge is 2.26. The molecule has 1 amide bonds. The number of carboxylic acid groups (broad SMARTS) is 1. The van der Waals surface area contributed by atoms with Gasteiger partial charge >= 0.3 is 5.97 Å². The van der Waals surface area contributed by atoms with Crippen LogP contribution in [0.2, 0.25) is 0 Å². The first-order chi connectivity index (χ1) is 20.9. The Balaban J connectivity index is 1.27. The molecule has 1 aliphatic rings. The maximum absolute atomic E-state index is 13.1. The van der Waals surface area contributed by atoms with E-state index in [0.717, 1.165) is 67.3 Å². The van der Waals surface area contributed by atoms with Gasteiger partial charge in [0.05, 0.1) is 11.4 Å². The Bertz CT molecular complexity index is 1760. The number of anilines is 2. The van der Waals surface area contributed by atoms with E-state index in [1.165, 1.54) is 28.2 Å². The molecule has 6 rings (SSSR count). The number of benzene rings is 3. The molecule has 6 nitrogen and oxygen atoms in total. The van der Waals surface area contributed by atoms with Crippen molar-refractivity contribution >= 4 is 83.9 Å². The molecule has 1 N–H and O–H groups in total. The Morgan fingerprint density at radius 2 is 1.70 bits per heavy atom. The molecule has 1 fully saturated rings. The van der Waals surface area contributed by atoms with Gasteiger partial charge in [-0.1, -0.05) is 42.5 Å². The zero-order valence-corrected chi connectivity index (χ0v) is 27.6. The van der Waals surface area contributed by atoms with Crippen LogP contribution >= 0.6 is 50.6 Å². The number of nitrogens with zero attached hydrogens (tertiary/aromatic N) is 3. The summed E-state index contributed by atoms with van der Waals surface area (Å²) in [5.74, 6) is -0.795. The van der Waals surface area contributed by atoms with Crippen molar-refractivity contribution < 1.29 is 14.7 Å². The average molecular weight is 693 g/mol. The molecule has 3 aromatic carbocycles. The second kappa shape index (κ2) is 13.1. The van der Waals surface area contributed by atoms with Crippen molar-refractivity contribution in [2.45, 2.75) is 18.2 Å². The SMILES string of the molecule is Cc1c(C(=O)O)sc2ccc(SN(CCc3ccccc3)c3ccccc3N3CCN(C(=O)c4sccc4Br)CC3)cc12. The number of rotatable bonds is 9. The number of piperazine rings is 1. The lowest BCUT2D eigenvalue weighted by Crippen LogP contribution is -2.49. The van der Waals surface area contributed by atoms with Crippen molar-refractivity contribution in [1.29, 1.82) is 0 Å². The monoisotopic (exact) mass is 691 g/mol. The number of aryl methyl sites for hydroxylation is 1. The fourth-order valence-corrected chi connectivity index (χ4v) is 8.89. The lowest BCUT2D eigenvalue weighted by Gasteiger charge is -2.38. The zero-order valence-electron chi connectivity index (χ0n) is 23.5. The Morgan fingerprint density at radius 3 is 2.42 bits per heavy atom. The number of carbonyl (C=O) groups excluding carboxylic acids is 1. The molecular formula is C33H30BrN3O3S3. The third kappa shape index (κ3) is 6.47.